The number of amides is 2. The summed E-state index contributed by atoms with van der Waals surface area (Å²) < 4.78 is 49.2. The van der Waals surface area contributed by atoms with Crippen LogP contribution in [0.15, 0.2) is 53.5 Å². The molecule has 1 aromatic heterocycles. The number of rotatable bonds is 7. The fourth-order valence-electron chi connectivity index (χ4n) is 6.18. The summed E-state index contributed by atoms with van der Waals surface area (Å²) in [5.41, 5.74) is -0.768. The van der Waals surface area contributed by atoms with Crippen LogP contribution < -0.4 is 15.5 Å². The fourth-order valence-corrected chi connectivity index (χ4v) is 6.18. The Labute approximate surface area is 228 Å². The average molecular weight is 552 g/mol. The van der Waals surface area contributed by atoms with Crippen molar-refractivity contribution in [1.82, 2.24) is 14.8 Å². The number of hydrogen-bond donors (Lipinski definition) is 1. The van der Waals surface area contributed by atoms with Gasteiger partial charge >= 0.3 is 0 Å². The Hall–Kier alpha value is -4.08. The molecule has 3 heterocycles. The average Bonchev–Trinajstić information content (AvgIpc) is 3.71. The summed E-state index contributed by atoms with van der Waals surface area (Å²) in [7, 11) is 0. The van der Waals surface area contributed by atoms with Gasteiger partial charge in [0, 0.05) is 43.0 Å². The zero-order valence-electron chi connectivity index (χ0n) is 21.8. The highest BCUT2D eigenvalue weighted by Crippen LogP contribution is 2.50. The summed E-state index contributed by atoms with van der Waals surface area (Å²) in [5, 5.41) is 2.36. The van der Waals surface area contributed by atoms with Crippen LogP contribution in [0.25, 0.3) is 0 Å². The molecule has 2 amide bonds. The van der Waals surface area contributed by atoms with Gasteiger partial charge in [-0.2, -0.15) is 0 Å². The smallest absolute Gasteiger partial charge is 0.275 e. The number of ether oxygens (including phenoxy) is 1. The highest BCUT2D eigenvalue weighted by atomic mass is 19.1. The summed E-state index contributed by atoms with van der Waals surface area (Å²) in [6, 6.07) is 10.2. The van der Waals surface area contributed by atoms with Gasteiger partial charge in [0.2, 0.25) is 5.43 Å². The van der Waals surface area contributed by atoms with Crippen LogP contribution in [0.5, 0.6) is 5.75 Å². The number of fused-ring (bicyclic) bond motifs is 4. The van der Waals surface area contributed by atoms with Crippen LogP contribution in [0.2, 0.25) is 0 Å². The molecule has 10 heteroatoms. The van der Waals surface area contributed by atoms with Crippen molar-refractivity contribution in [2.24, 2.45) is 11.8 Å². The van der Waals surface area contributed by atoms with Gasteiger partial charge in [-0.3, -0.25) is 14.4 Å². The molecule has 6 rings (SSSR count). The number of nitrogens with one attached hydrogen (secondary N) is 1. The maximum absolute atomic E-state index is 14.1. The lowest BCUT2D eigenvalue weighted by atomic mass is 9.85. The predicted octanol–water partition coefficient (Wildman–Crippen LogP) is 4.42. The van der Waals surface area contributed by atoms with Gasteiger partial charge in [-0.25, -0.2) is 13.2 Å². The molecular formula is C30H28F3N3O4. The van der Waals surface area contributed by atoms with Crippen LogP contribution in [0, 0.1) is 29.3 Å². The molecule has 3 aliphatic rings. The molecule has 1 aliphatic carbocycles. The second kappa shape index (κ2) is 10.1. The molecule has 0 bridgehead atoms. The highest BCUT2D eigenvalue weighted by Gasteiger charge is 2.55. The molecule has 40 heavy (non-hydrogen) atoms. The molecule has 1 saturated heterocycles. The van der Waals surface area contributed by atoms with Crippen molar-refractivity contribution in [1.29, 1.82) is 0 Å². The van der Waals surface area contributed by atoms with E-state index in [-0.39, 0.29) is 47.5 Å². The molecule has 1 unspecified atom stereocenters. The monoisotopic (exact) mass is 551 g/mol. The van der Waals surface area contributed by atoms with Crippen LogP contribution >= 0.6 is 0 Å². The molecule has 1 N–H and O–H groups in total. The van der Waals surface area contributed by atoms with E-state index in [1.165, 1.54) is 6.20 Å². The first-order valence-corrected chi connectivity index (χ1v) is 13.4. The van der Waals surface area contributed by atoms with Crippen LogP contribution in [0.3, 0.4) is 0 Å². The van der Waals surface area contributed by atoms with Crippen molar-refractivity contribution in [3.8, 4) is 5.75 Å². The van der Waals surface area contributed by atoms with Crippen molar-refractivity contribution in [3.63, 3.8) is 0 Å². The summed E-state index contributed by atoms with van der Waals surface area (Å²) in [6.07, 6.45) is 4.21. The van der Waals surface area contributed by atoms with E-state index in [1.807, 2.05) is 35.2 Å². The van der Waals surface area contributed by atoms with E-state index in [0.29, 0.717) is 24.6 Å². The first-order chi connectivity index (χ1) is 19.3. The quantitative estimate of drug-likeness (QED) is 0.472. The number of nitrogens with zero attached hydrogens (tertiary/aromatic N) is 2. The Morgan fingerprint density at radius 3 is 2.48 bits per heavy atom. The first-order valence-electron chi connectivity index (χ1n) is 13.4. The molecule has 2 aromatic carbocycles. The van der Waals surface area contributed by atoms with Crippen LogP contribution in [-0.2, 0) is 19.7 Å². The van der Waals surface area contributed by atoms with E-state index < -0.39 is 40.9 Å². The zero-order valence-corrected chi connectivity index (χ0v) is 21.8. The van der Waals surface area contributed by atoms with Gasteiger partial charge in [-0.05, 0) is 30.2 Å². The lowest BCUT2D eigenvalue weighted by Gasteiger charge is -2.45. The molecule has 0 spiro atoms. The van der Waals surface area contributed by atoms with Gasteiger partial charge in [0.1, 0.15) is 29.6 Å². The van der Waals surface area contributed by atoms with E-state index in [2.05, 4.69) is 12.2 Å². The molecule has 4 atom stereocenters. The lowest BCUT2D eigenvalue weighted by molar-refractivity contribution is 0.0313. The fraction of sp³-hybridized carbons (Fsp3) is 0.367. The standard InChI is InChI=1S/C30H28F3N3O4/c1-2-17-8-18-9-24(18)36-25(17)14-35-13-21(29(38)34-12-20-22(32)10-19(31)11-23(20)33)27(37)28(26(35)30(36)39)40-15-16-6-4-3-5-7-16/h3-7,10-11,13,17-18,24-25H,2,8-9,12,14-15H2,1H3,(H,34,38)/t17-,18+,24?,25+/m0/s1. The third kappa shape index (κ3) is 4.55. The van der Waals surface area contributed by atoms with Crippen molar-refractivity contribution in [2.45, 2.75) is 58.0 Å². The number of halogens is 3. The Morgan fingerprint density at radius 2 is 1.77 bits per heavy atom. The Bertz CT molecular complexity index is 1530. The van der Waals surface area contributed by atoms with Gasteiger partial charge < -0.3 is 19.5 Å². The van der Waals surface area contributed by atoms with Crippen molar-refractivity contribution >= 4 is 11.8 Å². The summed E-state index contributed by atoms with van der Waals surface area (Å²) in [6.45, 7) is 1.89. The lowest BCUT2D eigenvalue weighted by Crippen LogP contribution is -2.56. The van der Waals surface area contributed by atoms with Crippen molar-refractivity contribution < 1.29 is 27.5 Å². The first kappa shape index (κ1) is 26.2. The van der Waals surface area contributed by atoms with Crippen LogP contribution in [-0.4, -0.2) is 33.4 Å². The molecule has 2 fully saturated rings. The second-order valence-electron chi connectivity index (χ2n) is 10.8. The minimum absolute atomic E-state index is 0.000497. The van der Waals surface area contributed by atoms with Crippen molar-refractivity contribution in [3.05, 3.63) is 98.7 Å². The molecule has 2 aliphatic heterocycles. The van der Waals surface area contributed by atoms with Crippen LogP contribution in [0.4, 0.5) is 13.2 Å². The van der Waals surface area contributed by atoms with Crippen LogP contribution in [0.1, 0.15) is 58.2 Å². The third-order valence-electron chi connectivity index (χ3n) is 8.33. The third-order valence-corrected chi connectivity index (χ3v) is 8.33. The van der Waals surface area contributed by atoms with E-state index in [0.717, 1.165) is 24.8 Å². The number of hydrogen-bond acceptors (Lipinski definition) is 4. The number of carbonyl (C=O) groups is 2. The van der Waals surface area contributed by atoms with E-state index in [9.17, 15) is 27.6 Å². The molecule has 1 saturated carbocycles. The minimum atomic E-state index is -1.15. The summed E-state index contributed by atoms with van der Waals surface area (Å²) >= 11 is 0. The van der Waals surface area contributed by atoms with Gasteiger partial charge in [0.15, 0.2) is 11.4 Å². The number of pyridine rings is 1. The normalized spacial score (nSPS) is 22.7. The van der Waals surface area contributed by atoms with E-state index >= 15 is 0 Å². The van der Waals surface area contributed by atoms with Gasteiger partial charge in [0.25, 0.3) is 11.8 Å². The second-order valence-corrected chi connectivity index (χ2v) is 10.8. The Kier molecular flexibility index (Phi) is 6.64. The van der Waals surface area contributed by atoms with E-state index in [1.54, 1.807) is 4.57 Å². The largest absolute Gasteiger partial charge is 0.483 e. The summed E-state index contributed by atoms with van der Waals surface area (Å²) in [4.78, 5) is 42.6. The summed E-state index contributed by atoms with van der Waals surface area (Å²) in [5.74, 6) is -4.04. The van der Waals surface area contributed by atoms with E-state index in [4.69, 9.17) is 4.74 Å². The Balaban J connectivity index is 1.37. The number of benzene rings is 2. The van der Waals surface area contributed by atoms with Gasteiger partial charge in [-0.1, -0.05) is 43.7 Å². The maximum Gasteiger partial charge on any atom is 0.275 e. The minimum Gasteiger partial charge on any atom is -0.483 e. The molecule has 3 aromatic rings. The molecule has 0 radical (unpaired) electrons. The highest BCUT2D eigenvalue weighted by molar-refractivity contribution is 5.99. The van der Waals surface area contributed by atoms with Gasteiger partial charge in [0.05, 0.1) is 6.04 Å². The zero-order chi connectivity index (χ0) is 28.1. The topological polar surface area (TPSA) is 80.6 Å². The molecular weight excluding hydrogens is 523 g/mol. The van der Waals surface area contributed by atoms with Crippen molar-refractivity contribution in [2.75, 3.05) is 0 Å². The molecule has 208 valence electrons. The number of aromatic nitrogens is 1. The SMILES string of the molecule is CC[C@H]1C[C@@H]2CC2N2C(=O)c3c(OCc4ccccc4)c(=O)c(C(=O)NCc4c(F)cc(F)cc4F)cn3C[C@H]12. The Morgan fingerprint density at radius 1 is 1.05 bits per heavy atom. The number of piperidine rings is 1. The van der Waals surface area contributed by atoms with Gasteiger partial charge in [-0.15, -0.1) is 0 Å². The number of carbonyl (C=O) groups excluding carboxylic acids is 2. The maximum atomic E-state index is 14.1. The predicted molar refractivity (Wildman–Crippen MR) is 139 cm³/mol. The molecule has 7 nitrogen and oxygen atoms in total.